The zero-order valence-corrected chi connectivity index (χ0v) is 16.6. The topological polar surface area (TPSA) is 88.6 Å². The summed E-state index contributed by atoms with van der Waals surface area (Å²) in [6.45, 7) is 3.45. The number of fused-ring (bicyclic) bond motifs is 1. The van der Waals surface area contributed by atoms with Crippen LogP contribution in [0.1, 0.15) is 24.1 Å². The number of para-hydroxylation sites is 1. The Hall–Kier alpha value is -3.39. The smallest absolute Gasteiger partial charge is 0.325 e. The van der Waals surface area contributed by atoms with Gasteiger partial charge in [-0.05, 0) is 37.4 Å². The van der Waals surface area contributed by atoms with Crippen molar-refractivity contribution in [1.29, 1.82) is 0 Å². The molecule has 3 aromatic heterocycles. The molecular formula is C21H17N3O4S. The minimum Gasteiger partial charge on any atom is -0.458 e. The summed E-state index contributed by atoms with van der Waals surface area (Å²) in [5.74, 6) is 1.07. The van der Waals surface area contributed by atoms with Gasteiger partial charge >= 0.3 is 6.03 Å². The molecule has 1 saturated heterocycles. The predicted octanol–water partition coefficient (Wildman–Crippen LogP) is 4.42. The molecule has 146 valence electrons. The molecule has 7 nitrogen and oxygen atoms in total. The molecule has 0 aliphatic carbocycles. The van der Waals surface area contributed by atoms with Crippen LogP contribution in [0, 0.1) is 6.92 Å². The summed E-state index contributed by atoms with van der Waals surface area (Å²) in [4.78, 5) is 32.4. The van der Waals surface area contributed by atoms with E-state index >= 15 is 0 Å². The van der Waals surface area contributed by atoms with Gasteiger partial charge in [-0.25, -0.2) is 9.78 Å². The number of hydrogen-bond acceptors (Lipinski definition) is 6. The molecule has 4 aromatic rings. The monoisotopic (exact) mass is 407 g/mol. The number of imide groups is 1. The van der Waals surface area contributed by atoms with Gasteiger partial charge in [-0.3, -0.25) is 9.69 Å². The molecule has 8 heteroatoms. The van der Waals surface area contributed by atoms with Crippen LogP contribution in [0.25, 0.3) is 21.7 Å². The first-order chi connectivity index (χ1) is 14.0. The van der Waals surface area contributed by atoms with Crippen molar-refractivity contribution in [2.45, 2.75) is 25.9 Å². The number of hydrogen-bond donors (Lipinski definition) is 1. The van der Waals surface area contributed by atoms with Crippen LogP contribution in [-0.2, 0) is 16.9 Å². The number of nitrogens with one attached hydrogen (secondary N) is 1. The van der Waals surface area contributed by atoms with Crippen LogP contribution in [0.15, 0.2) is 56.7 Å². The molecule has 0 radical (unpaired) electrons. The third-order valence-corrected chi connectivity index (χ3v) is 5.98. The largest absolute Gasteiger partial charge is 0.458 e. The van der Waals surface area contributed by atoms with Crippen LogP contribution >= 0.6 is 11.3 Å². The molecule has 1 N–H and O–H groups in total. The fourth-order valence-corrected chi connectivity index (χ4v) is 4.11. The molecule has 0 spiro atoms. The minimum absolute atomic E-state index is 0.0290. The van der Waals surface area contributed by atoms with Crippen LogP contribution in [0.5, 0.6) is 0 Å². The van der Waals surface area contributed by atoms with Gasteiger partial charge in [0.1, 0.15) is 22.8 Å². The summed E-state index contributed by atoms with van der Waals surface area (Å²) in [7, 11) is 0. The minimum atomic E-state index is -1.27. The number of urea groups is 1. The van der Waals surface area contributed by atoms with E-state index in [1.807, 2.05) is 41.8 Å². The Balaban J connectivity index is 1.45. The zero-order chi connectivity index (χ0) is 20.2. The van der Waals surface area contributed by atoms with Crippen molar-refractivity contribution in [3.8, 4) is 10.8 Å². The summed E-state index contributed by atoms with van der Waals surface area (Å²) in [6, 6.07) is 12.6. The second-order valence-corrected chi connectivity index (χ2v) is 8.04. The molecule has 1 aromatic carbocycles. The van der Waals surface area contributed by atoms with Gasteiger partial charge in [0.25, 0.3) is 5.91 Å². The number of rotatable bonds is 4. The molecule has 1 unspecified atom stereocenters. The molecule has 5 rings (SSSR count). The first kappa shape index (κ1) is 17.7. The molecule has 4 heterocycles. The highest BCUT2D eigenvalue weighted by Gasteiger charge is 2.51. The summed E-state index contributed by atoms with van der Waals surface area (Å²) in [5.41, 5.74) is -0.0625. The maximum Gasteiger partial charge on any atom is 0.325 e. The molecule has 0 saturated carbocycles. The number of carbonyl (C=O) groups is 2. The predicted molar refractivity (Wildman–Crippen MR) is 107 cm³/mol. The van der Waals surface area contributed by atoms with Gasteiger partial charge in [0.05, 0.1) is 11.4 Å². The van der Waals surface area contributed by atoms with Crippen LogP contribution in [0.4, 0.5) is 4.79 Å². The molecule has 1 fully saturated rings. The number of aryl methyl sites for hydroxylation is 1. The number of benzene rings is 1. The highest BCUT2D eigenvalue weighted by atomic mass is 32.1. The Labute approximate surface area is 169 Å². The lowest BCUT2D eigenvalue weighted by Crippen LogP contribution is -2.40. The van der Waals surface area contributed by atoms with Crippen molar-refractivity contribution in [1.82, 2.24) is 15.2 Å². The first-order valence-electron chi connectivity index (χ1n) is 9.09. The summed E-state index contributed by atoms with van der Waals surface area (Å²) >= 11 is 1.51. The Morgan fingerprint density at radius 1 is 1.17 bits per heavy atom. The van der Waals surface area contributed by atoms with Crippen LogP contribution in [0.2, 0.25) is 0 Å². The third-order valence-electron chi connectivity index (χ3n) is 5.13. The fraction of sp³-hybridized carbons (Fsp3) is 0.190. The average molecular weight is 407 g/mol. The van der Waals surface area contributed by atoms with E-state index in [9.17, 15) is 9.59 Å². The Morgan fingerprint density at radius 3 is 2.76 bits per heavy atom. The van der Waals surface area contributed by atoms with E-state index in [0.29, 0.717) is 28.7 Å². The van der Waals surface area contributed by atoms with E-state index in [-0.39, 0.29) is 12.5 Å². The lowest BCUT2D eigenvalue weighted by Gasteiger charge is -2.18. The molecule has 29 heavy (non-hydrogen) atoms. The lowest BCUT2D eigenvalue weighted by molar-refractivity contribution is -0.132. The van der Waals surface area contributed by atoms with Gasteiger partial charge in [-0.2, -0.15) is 0 Å². The average Bonchev–Trinajstić information content (AvgIpc) is 3.46. The van der Waals surface area contributed by atoms with Gasteiger partial charge in [-0.15, -0.1) is 11.3 Å². The van der Waals surface area contributed by atoms with E-state index in [1.165, 1.54) is 11.3 Å². The molecule has 1 aliphatic heterocycles. The van der Waals surface area contributed by atoms with Crippen molar-refractivity contribution in [3.63, 3.8) is 0 Å². The van der Waals surface area contributed by atoms with E-state index in [0.717, 1.165) is 15.2 Å². The fourth-order valence-electron chi connectivity index (χ4n) is 3.47. The highest BCUT2D eigenvalue weighted by molar-refractivity contribution is 7.13. The van der Waals surface area contributed by atoms with E-state index in [1.54, 1.807) is 19.9 Å². The molecule has 1 aliphatic rings. The Kier molecular flexibility index (Phi) is 3.85. The number of oxazole rings is 1. The number of amides is 3. The SMILES string of the molecule is Cc1oc(-c2cccs2)nc1CN1C(=O)NC(C)(c2cc3ccccc3o2)C1=O. The quantitative estimate of drug-likeness (QED) is 0.506. The van der Waals surface area contributed by atoms with Crippen molar-refractivity contribution in [3.05, 3.63) is 65.1 Å². The summed E-state index contributed by atoms with van der Waals surface area (Å²) in [5, 5.41) is 5.58. The molecule has 3 amide bonds. The van der Waals surface area contributed by atoms with Crippen molar-refractivity contribution < 1.29 is 18.4 Å². The third kappa shape index (κ3) is 2.75. The highest BCUT2D eigenvalue weighted by Crippen LogP contribution is 2.34. The maximum absolute atomic E-state index is 13.2. The number of nitrogens with zero attached hydrogens (tertiary/aromatic N) is 2. The first-order valence-corrected chi connectivity index (χ1v) is 9.97. The normalized spacial score (nSPS) is 19.3. The zero-order valence-electron chi connectivity index (χ0n) is 15.8. The van der Waals surface area contributed by atoms with Gasteiger partial charge in [0, 0.05) is 5.39 Å². The Morgan fingerprint density at radius 2 is 2.00 bits per heavy atom. The number of furan rings is 1. The molecule has 1 atom stereocenters. The van der Waals surface area contributed by atoms with Crippen molar-refractivity contribution >= 4 is 34.2 Å². The lowest BCUT2D eigenvalue weighted by atomic mass is 9.99. The standard InChI is InChI=1S/C21H17N3O4S/c1-12-14(22-18(27-12)16-8-5-9-29-16)11-24-19(25)21(2,23-20(24)26)17-10-13-6-3-4-7-15(13)28-17/h3-10H,11H2,1-2H3,(H,23,26). The van der Waals surface area contributed by atoms with Crippen molar-refractivity contribution in [2.75, 3.05) is 0 Å². The van der Waals surface area contributed by atoms with Gasteiger partial charge in [0.2, 0.25) is 5.89 Å². The Bertz CT molecular complexity index is 1210. The van der Waals surface area contributed by atoms with E-state index in [4.69, 9.17) is 8.83 Å². The second kappa shape index (κ2) is 6.31. The van der Waals surface area contributed by atoms with Crippen molar-refractivity contribution in [2.24, 2.45) is 0 Å². The molecule has 0 bridgehead atoms. The molecular weight excluding hydrogens is 390 g/mol. The number of carbonyl (C=O) groups excluding carboxylic acids is 2. The summed E-state index contributed by atoms with van der Waals surface area (Å²) in [6.07, 6.45) is 0. The second-order valence-electron chi connectivity index (χ2n) is 7.09. The maximum atomic E-state index is 13.2. The number of thiophene rings is 1. The van der Waals surface area contributed by atoms with Crippen LogP contribution < -0.4 is 5.32 Å². The van der Waals surface area contributed by atoms with E-state index < -0.39 is 11.6 Å². The van der Waals surface area contributed by atoms with Gasteiger partial charge in [-0.1, -0.05) is 24.3 Å². The van der Waals surface area contributed by atoms with Gasteiger partial charge < -0.3 is 14.2 Å². The summed E-state index contributed by atoms with van der Waals surface area (Å²) < 4.78 is 11.6. The van der Waals surface area contributed by atoms with Crippen LogP contribution in [-0.4, -0.2) is 21.8 Å². The van der Waals surface area contributed by atoms with Gasteiger partial charge in [0.15, 0.2) is 5.54 Å². The van der Waals surface area contributed by atoms with E-state index in [2.05, 4.69) is 10.3 Å². The van der Waals surface area contributed by atoms with Crippen LogP contribution in [0.3, 0.4) is 0 Å². The number of aromatic nitrogens is 1.